The number of hydrogen-bond donors (Lipinski definition) is 0. The van der Waals surface area contributed by atoms with Crippen molar-refractivity contribution in [2.24, 2.45) is 0 Å². The molecule has 3 saturated heterocycles. The Balaban J connectivity index is 1.92. The summed E-state index contributed by atoms with van der Waals surface area (Å²) in [7, 11) is 0. The highest BCUT2D eigenvalue weighted by Crippen LogP contribution is 2.66. The largest absolute Gasteiger partial charge is 0.394 e. The third kappa shape index (κ3) is 3.68. The molecule has 3 nitrogen and oxygen atoms in total. The Kier molecular flexibility index (Phi) is 7.01. The van der Waals surface area contributed by atoms with Crippen LogP contribution >= 0.6 is 0 Å². The normalized spacial score (nSPS) is 35.0. The minimum absolute atomic E-state index is 2.03. The number of ether oxygens (including phenoxy) is 1. The zero-order valence-electron chi connectivity index (χ0n) is 18.3. The van der Waals surface area contributed by atoms with E-state index in [1.54, 1.807) is 0 Å². The summed E-state index contributed by atoms with van der Waals surface area (Å²) in [6.07, 6.45) is -23.3. The third-order valence-corrected chi connectivity index (χ3v) is 6.48. The molecule has 3 aliphatic heterocycles. The van der Waals surface area contributed by atoms with Gasteiger partial charge in [0.2, 0.25) is 12.6 Å². The van der Waals surface area contributed by atoms with Gasteiger partial charge in [-0.1, -0.05) is 0 Å². The highest BCUT2D eigenvalue weighted by Gasteiger charge is 2.96. The zero-order valence-corrected chi connectivity index (χ0v) is 18.3. The molecule has 3 aliphatic rings. The second-order valence-electron chi connectivity index (χ2n) is 8.91. The molecule has 0 aromatic heterocycles. The third-order valence-electron chi connectivity index (χ3n) is 6.48. The second kappa shape index (κ2) is 8.49. The van der Waals surface area contributed by atoms with Crippen molar-refractivity contribution in [2.75, 3.05) is 0 Å². The number of halogens is 22. The van der Waals surface area contributed by atoms with Gasteiger partial charge in [0.15, 0.2) is 0 Å². The van der Waals surface area contributed by atoms with Crippen molar-refractivity contribution in [3.8, 4) is 0 Å². The minimum atomic E-state index is -7.26. The standard InChI is InChI=1S/C16H8F22N2O/c17-5(39-13(31,32)9(23,24)10(25,26)14(39,33)34)7(19,20)3-1-2-4(41-3)8(21,22)6(18)40-15(35,36)11(27,28)12(29,30)16(40,37)38/h3-6H,1-2H2. The lowest BCUT2D eigenvalue weighted by Crippen LogP contribution is -2.63. The van der Waals surface area contributed by atoms with E-state index >= 15 is 0 Å². The summed E-state index contributed by atoms with van der Waals surface area (Å²) >= 11 is 0. The summed E-state index contributed by atoms with van der Waals surface area (Å²) in [4.78, 5) is -6.66. The summed E-state index contributed by atoms with van der Waals surface area (Å²) in [6, 6.07) is -28.6. The van der Waals surface area contributed by atoms with Crippen molar-refractivity contribution in [3.63, 3.8) is 0 Å². The average Bonchev–Trinajstić information content (AvgIpc) is 3.33. The van der Waals surface area contributed by atoms with E-state index in [0.717, 1.165) is 0 Å². The molecule has 0 N–H and O–H groups in total. The summed E-state index contributed by atoms with van der Waals surface area (Å²) in [6.45, 7) is 0. The lowest BCUT2D eigenvalue weighted by molar-refractivity contribution is -0.351. The van der Waals surface area contributed by atoms with Crippen LogP contribution in [-0.2, 0) is 4.74 Å². The van der Waals surface area contributed by atoms with Gasteiger partial charge in [-0.05, 0) is 12.8 Å². The van der Waals surface area contributed by atoms with E-state index in [0.29, 0.717) is 0 Å². The monoisotopic (exact) mass is 662 g/mol. The van der Waals surface area contributed by atoms with E-state index in [4.69, 9.17) is 0 Å². The molecule has 41 heavy (non-hydrogen) atoms. The summed E-state index contributed by atoms with van der Waals surface area (Å²) < 4.78 is 304. The lowest BCUT2D eigenvalue weighted by Gasteiger charge is -2.38. The SMILES string of the molecule is FC(N1C(F)(F)C(F)(F)C(F)(F)C1(F)F)C(F)(F)C1CCC(C(F)(F)C(F)N2C(F)(F)C(F)(F)C(F)(F)C2(F)F)O1. The van der Waals surface area contributed by atoms with Gasteiger partial charge < -0.3 is 4.74 Å². The van der Waals surface area contributed by atoms with Gasteiger partial charge in [0.1, 0.15) is 12.2 Å². The average molecular weight is 662 g/mol. The molecule has 0 spiro atoms. The molecular formula is C16H8F22N2O. The fraction of sp³-hybridized carbons (Fsp3) is 1.00. The van der Waals surface area contributed by atoms with Gasteiger partial charge in [0, 0.05) is 0 Å². The second-order valence-corrected chi connectivity index (χ2v) is 8.91. The fourth-order valence-electron chi connectivity index (χ4n) is 4.14. The van der Waals surface area contributed by atoms with Crippen LogP contribution in [-0.4, -0.2) is 94.3 Å². The molecule has 25 heteroatoms. The van der Waals surface area contributed by atoms with Crippen LogP contribution in [0.3, 0.4) is 0 Å². The molecule has 3 rings (SSSR count). The van der Waals surface area contributed by atoms with Gasteiger partial charge in [-0.2, -0.15) is 87.8 Å². The first-order valence-corrected chi connectivity index (χ1v) is 10.1. The van der Waals surface area contributed by atoms with Gasteiger partial charge in [-0.3, -0.25) is 0 Å². The first-order valence-electron chi connectivity index (χ1n) is 10.1. The predicted octanol–water partition coefficient (Wildman–Crippen LogP) is 6.94. The molecule has 4 atom stereocenters. The maximum absolute atomic E-state index is 14.4. The van der Waals surface area contributed by atoms with Crippen molar-refractivity contribution in [1.29, 1.82) is 0 Å². The smallest absolute Gasteiger partial charge is 0.362 e. The van der Waals surface area contributed by atoms with Crippen LogP contribution in [0.1, 0.15) is 12.8 Å². The molecule has 0 amide bonds. The Morgan fingerprint density at radius 2 is 0.659 bits per heavy atom. The van der Waals surface area contributed by atoms with Crippen LogP contribution in [0.4, 0.5) is 96.6 Å². The lowest BCUT2D eigenvalue weighted by atomic mass is 10.0. The molecular weight excluding hydrogens is 654 g/mol. The molecule has 3 fully saturated rings. The molecule has 0 aliphatic carbocycles. The van der Waals surface area contributed by atoms with E-state index in [9.17, 15) is 96.6 Å². The van der Waals surface area contributed by atoms with E-state index in [2.05, 4.69) is 4.74 Å². The van der Waals surface area contributed by atoms with Crippen LogP contribution in [0.25, 0.3) is 0 Å². The van der Waals surface area contributed by atoms with Gasteiger partial charge >= 0.3 is 59.7 Å². The van der Waals surface area contributed by atoms with E-state index in [1.807, 2.05) is 0 Å². The Bertz CT molecular complexity index is 911. The Morgan fingerprint density at radius 1 is 0.463 bits per heavy atom. The maximum Gasteiger partial charge on any atom is 0.394 e. The quantitative estimate of drug-likeness (QED) is 0.227. The number of hydrogen-bond acceptors (Lipinski definition) is 3. The first-order chi connectivity index (χ1) is 17.8. The number of likely N-dealkylation sites (tertiary alicyclic amines) is 2. The van der Waals surface area contributed by atoms with E-state index in [1.165, 1.54) is 0 Å². The van der Waals surface area contributed by atoms with Crippen molar-refractivity contribution in [1.82, 2.24) is 9.80 Å². The maximum atomic E-state index is 14.4. The molecule has 0 saturated carbocycles. The highest BCUT2D eigenvalue weighted by atomic mass is 19.4. The fourth-order valence-corrected chi connectivity index (χ4v) is 4.14. The topological polar surface area (TPSA) is 15.7 Å². The van der Waals surface area contributed by atoms with Crippen LogP contribution in [0, 0.1) is 0 Å². The molecule has 4 unspecified atom stereocenters. The number of alkyl halides is 22. The van der Waals surface area contributed by atoms with Crippen LogP contribution in [0.15, 0.2) is 0 Å². The highest BCUT2D eigenvalue weighted by molar-refractivity contribution is 5.16. The first kappa shape index (κ1) is 33.8. The predicted molar refractivity (Wildman–Crippen MR) is 80.8 cm³/mol. The Hall–Kier alpha value is -1.66. The van der Waals surface area contributed by atoms with Gasteiger partial charge in [-0.15, -0.1) is 9.80 Å². The zero-order chi connectivity index (χ0) is 32.6. The van der Waals surface area contributed by atoms with Gasteiger partial charge in [-0.25, -0.2) is 8.78 Å². The number of rotatable bonds is 6. The van der Waals surface area contributed by atoms with Crippen molar-refractivity contribution < 1.29 is 101 Å². The van der Waals surface area contributed by atoms with E-state index < -0.39 is 107 Å². The van der Waals surface area contributed by atoms with Crippen molar-refractivity contribution in [2.45, 2.75) is 97.4 Å². The Morgan fingerprint density at radius 3 is 0.854 bits per heavy atom. The molecule has 0 aromatic rings. The van der Waals surface area contributed by atoms with E-state index in [-0.39, 0.29) is 0 Å². The summed E-state index contributed by atoms with van der Waals surface area (Å²) in [5, 5.41) is 0. The van der Waals surface area contributed by atoms with Crippen LogP contribution < -0.4 is 0 Å². The van der Waals surface area contributed by atoms with Crippen LogP contribution in [0.2, 0.25) is 0 Å². The van der Waals surface area contributed by atoms with Gasteiger partial charge in [0.25, 0.3) is 0 Å². The van der Waals surface area contributed by atoms with Gasteiger partial charge in [0.05, 0.1) is 0 Å². The van der Waals surface area contributed by atoms with Crippen molar-refractivity contribution >= 4 is 0 Å². The molecule has 242 valence electrons. The molecule has 3 heterocycles. The summed E-state index contributed by atoms with van der Waals surface area (Å²) in [5.74, 6) is -41.5. The van der Waals surface area contributed by atoms with Crippen molar-refractivity contribution in [3.05, 3.63) is 0 Å². The minimum Gasteiger partial charge on any atom is -0.362 e. The number of nitrogens with zero attached hydrogens (tertiary/aromatic N) is 2. The molecule has 0 radical (unpaired) electrons. The summed E-state index contributed by atoms with van der Waals surface area (Å²) in [5.41, 5.74) is 0. The Labute approximate surface area is 209 Å². The van der Waals surface area contributed by atoms with Crippen LogP contribution in [0.5, 0.6) is 0 Å². The molecule has 0 bridgehead atoms. The molecule has 0 aromatic carbocycles.